The molecule has 2 aromatic rings. The van der Waals surface area contributed by atoms with Crippen molar-refractivity contribution in [2.75, 3.05) is 19.0 Å². The number of amides is 2. The first kappa shape index (κ1) is 19.2. The first-order chi connectivity index (χ1) is 13.0. The van der Waals surface area contributed by atoms with E-state index in [1.807, 2.05) is 37.3 Å². The van der Waals surface area contributed by atoms with Crippen molar-refractivity contribution in [3.05, 3.63) is 58.6 Å². The summed E-state index contributed by atoms with van der Waals surface area (Å²) in [4.78, 5) is 24.6. The number of hydrogen-bond acceptors (Lipinski definition) is 3. The van der Waals surface area contributed by atoms with Crippen LogP contribution in [-0.4, -0.2) is 25.5 Å². The number of nitrogens with one attached hydrogen (secondary N) is 2. The Labute approximate surface area is 164 Å². The summed E-state index contributed by atoms with van der Waals surface area (Å²) in [6.45, 7) is 2.40. The smallest absolute Gasteiger partial charge is 0.228 e. The van der Waals surface area contributed by atoms with E-state index in [1.54, 1.807) is 19.2 Å². The molecule has 6 heteroatoms. The van der Waals surface area contributed by atoms with Gasteiger partial charge >= 0.3 is 0 Å². The Balaban J connectivity index is 1.44. The molecule has 1 fully saturated rings. The van der Waals surface area contributed by atoms with Gasteiger partial charge in [-0.05, 0) is 55.2 Å². The molecule has 0 spiro atoms. The summed E-state index contributed by atoms with van der Waals surface area (Å²) >= 11 is 6.07. The molecule has 0 aromatic heterocycles. The van der Waals surface area contributed by atoms with Gasteiger partial charge in [-0.25, -0.2) is 0 Å². The van der Waals surface area contributed by atoms with E-state index in [9.17, 15) is 9.59 Å². The summed E-state index contributed by atoms with van der Waals surface area (Å²) in [5.41, 5.74) is 2.64. The van der Waals surface area contributed by atoms with Crippen LogP contribution in [0.3, 0.4) is 0 Å². The van der Waals surface area contributed by atoms with Crippen LogP contribution < -0.4 is 15.4 Å². The summed E-state index contributed by atoms with van der Waals surface area (Å²) in [7, 11) is 1.63. The van der Waals surface area contributed by atoms with E-state index in [0.29, 0.717) is 23.7 Å². The lowest BCUT2D eigenvalue weighted by molar-refractivity contribution is -0.125. The van der Waals surface area contributed by atoms with Crippen molar-refractivity contribution in [1.29, 1.82) is 0 Å². The third-order valence-electron chi connectivity index (χ3n) is 4.86. The number of halogens is 1. The zero-order chi connectivity index (χ0) is 19.4. The van der Waals surface area contributed by atoms with Crippen LogP contribution in [0.25, 0.3) is 0 Å². The number of benzene rings is 2. The highest BCUT2D eigenvalue weighted by atomic mass is 35.5. The van der Waals surface area contributed by atoms with E-state index >= 15 is 0 Å². The molecule has 5 nitrogen and oxygen atoms in total. The van der Waals surface area contributed by atoms with Crippen LogP contribution in [0.4, 0.5) is 5.69 Å². The second-order valence-electron chi connectivity index (χ2n) is 6.74. The zero-order valence-corrected chi connectivity index (χ0v) is 16.2. The topological polar surface area (TPSA) is 67.4 Å². The van der Waals surface area contributed by atoms with E-state index in [4.69, 9.17) is 16.3 Å². The lowest BCUT2D eigenvalue weighted by Crippen LogP contribution is -2.29. The van der Waals surface area contributed by atoms with Crippen LogP contribution in [-0.2, 0) is 16.0 Å². The largest absolute Gasteiger partial charge is 0.497 e. The van der Waals surface area contributed by atoms with Gasteiger partial charge in [0.05, 0.1) is 18.9 Å². The quantitative estimate of drug-likeness (QED) is 0.764. The van der Waals surface area contributed by atoms with Crippen LogP contribution in [0.15, 0.2) is 42.5 Å². The Bertz CT molecular complexity index is 836. The molecule has 0 saturated heterocycles. The maximum Gasteiger partial charge on any atom is 0.228 e. The molecule has 0 bridgehead atoms. The minimum atomic E-state index is -0.274. The highest BCUT2D eigenvalue weighted by Gasteiger charge is 2.47. The number of ether oxygens (including phenoxy) is 1. The van der Waals surface area contributed by atoms with Gasteiger partial charge < -0.3 is 15.4 Å². The van der Waals surface area contributed by atoms with Gasteiger partial charge in [0.15, 0.2) is 0 Å². The highest BCUT2D eigenvalue weighted by molar-refractivity contribution is 6.31. The first-order valence-corrected chi connectivity index (χ1v) is 9.34. The third kappa shape index (κ3) is 4.80. The standard InChI is InChI=1S/C21H23ClN2O3/c1-13-18(22)4-3-5-19(13)24-21(26)17-12-16(17)20(25)23-11-10-14-6-8-15(27-2)9-7-14/h3-9,16-17H,10-12H2,1-2H3,(H,23,25)(H,24,26). The van der Waals surface area contributed by atoms with Crippen LogP contribution in [0.5, 0.6) is 5.75 Å². The highest BCUT2D eigenvalue weighted by Crippen LogP contribution is 2.40. The van der Waals surface area contributed by atoms with Crippen molar-refractivity contribution >= 4 is 29.1 Å². The molecule has 1 aliphatic carbocycles. The SMILES string of the molecule is COc1ccc(CCNC(=O)C2CC2C(=O)Nc2cccc(Cl)c2C)cc1. The Hall–Kier alpha value is -2.53. The molecule has 142 valence electrons. The normalized spacial score (nSPS) is 17.9. The number of carbonyl (C=O) groups excluding carboxylic acids is 2. The van der Waals surface area contributed by atoms with Crippen LogP contribution in [0, 0.1) is 18.8 Å². The molecular weight excluding hydrogens is 364 g/mol. The molecule has 0 aliphatic heterocycles. The summed E-state index contributed by atoms with van der Waals surface area (Å²) in [5, 5.41) is 6.40. The van der Waals surface area contributed by atoms with Crippen molar-refractivity contribution in [1.82, 2.24) is 5.32 Å². The fourth-order valence-corrected chi connectivity index (χ4v) is 3.17. The molecule has 0 radical (unpaired) electrons. The summed E-state index contributed by atoms with van der Waals surface area (Å²) in [5.74, 6) is 0.0939. The average Bonchev–Trinajstić information content (AvgIpc) is 3.47. The Morgan fingerprint density at radius 1 is 1.11 bits per heavy atom. The molecule has 2 N–H and O–H groups in total. The van der Waals surface area contributed by atoms with Crippen LogP contribution >= 0.6 is 11.6 Å². The van der Waals surface area contributed by atoms with Gasteiger partial charge in [-0.1, -0.05) is 29.8 Å². The Morgan fingerprint density at radius 3 is 2.52 bits per heavy atom. The van der Waals surface area contributed by atoms with E-state index < -0.39 is 0 Å². The van der Waals surface area contributed by atoms with Gasteiger partial charge in [0.25, 0.3) is 0 Å². The monoisotopic (exact) mass is 386 g/mol. The molecule has 1 saturated carbocycles. The van der Waals surface area contributed by atoms with Crippen molar-refractivity contribution in [2.45, 2.75) is 19.8 Å². The average molecular weight is 387 g/mol. The third-order valence-corrected chi connectivity index (χ3v) is 5.27. The van der Waals surface area contributed by atoms with Crippen molar-refractivity contribution < 1.29 is 14.3 Å². The fraction of sp³-hybridized carbons (Fsp3) is 0.333. The van der Waals surface area contributed by atoms with Gasteiger partial charge in [-0.3, -0.25) is 9.59 Å². The summed E-state index contributed by atoms with van der Waals surface area (Å²) < 4.78 is 5.13. The van der Waals surface area contributed by atoms with E-state index in [-0.39, 0.29) is 23.7 Å². The van der Waals surface area contributed by atoms with Crippen molar-refractivity contribution in [3.63, 3.8) is 0 Å². The summed E-state index contributed by atoms with van der Waals surface area (Å²) in [6.07, 6.45) is 1.32. The molecule has 2 amide bonds. The van der Waals surface area contributed by atoms with Crippen LogP contribution in [0.2, 0.25) is 5.02 Å². The fourth-order valence-electron chi connectivity index (χ4n) is 3.00. The molecule has 0 heterocycles. The predicted molar refractivity (Wildman–Crippen MR) is 106 cm³/mol. The van der Waals surface area contributed by atoms with E-state index in [2.05, 4.69) is 10.6 Å². The van der Waals surface area contributed by atoms with Gasteiger partial charge in [-0.2, -0.15) is 0 Å². The number of methoxy groups -OCH3 is 1. The molecular formula is C21H23ClN2O3. The molecule has 1 aliphatic rings. The maximum atomic E-state index is 12.4. The Morgan fingerprint density at radius 2 is 1.81 bits per heavy atom. The first-order valence-electron chi connectivity index (χ1n) is 8.96. The number of hydrogen-bond donors (Lipinski definition) is 2. The van der Waals surface area contributed by atoms with Crippen molar-refractivity contribution in [2.24, 2.45) is 11.8 Å². The zero-order valence-electron chi connectivity index (χ0n) is 15.4. The number of anilines is 1. The van der Waals surface area contributed by atoms with Gasteiger partial charge in [0, 0.05) is 17.3 Å². The van der Waals surface area contributed by atoms with Gasteiger partial charge in [0.2, 0.25) is 11.8 Å². The van der Waals surface area contributed by atoms with Gasteiger partial charge in [0.1, 0.15) is 5.75 Å². The molecule has 3 rings (SSSR count). The van der Waals surface area contributed by atoms with Crippen LogP contribution in [0.1, 0.15) is 17.5 Å². The predicted octanol–water partition coefficient (Wildman–Crippen LogP) is 3.59. The second-order valence-corrected chi connectivity index (χ2v) is 7.15. The summed E-state index contributed by atoms with van der Waals surface area (Å²) in [6, 6.07) is 13.1. The molecule has 2 unspecified atom stereocenters. The number of rotatable bonds is 7. The van der Waals surface area contributed by atoms with Crippen molar-refractivity contribution in [3.8, 4) is 5.75 Å². The minimum absolute atomic E-state index is 0.0634. The van der Waals surface area contributed by atoms with Gasteiger partial charge in [-0.15, -0.1) is 0 Å². The van der Waals surface area contributed by atoms with E-state index in [1.165, 1.54) is 0 Å². The molecule has 27 heavy (non-hydrogen) atoms. The second kappa shape index (κ2) is 8.44. The maximum absolute atomic E-state index is 12.4. The minimum Gasteiger partial charge on any atom is -0.497 e. The lowest BCUT2D eigenvalue weighted by Gasteiger charge is -2.09. The number of carbonyl (C=O) groups is 2. The van der Waals surface area contributed by atoms with E-state index in [0.717, 1.165) is 23.3 Å². The molecule has 2 aromatic carbocycles. The molecule has 2 atom stereocenters. The Kier molecular flexibility index (Phi) is 6.01. The lowest BCUT2D eigenvalue weighted by atomic mass is 10.1.